The quantitative estimate of drug-likeness (QED) is 0.739. The van der Waals surface area contributed by atoms with Crippen LogP contribution in [0.3, 0.4) is 0 Å². The van der Waals surface area contributed by atoms with Gasteiger partial charge in [0.15, 0.2) is 6.10 Å². The van der Waals surface area contributed by atoms with E-state index in [-0.39, 0.29) is 5.91 Å². The molecule has 3 rings (SSSR count). The molecule has 1 heterocycles. The van der Waals surface area contributed by atoms with Crippen LogP contribution in [-0.4, -0.2) is 47.0 Å². The molecule has 6 heteroatoms. The fraction of sp³-hybridized carbons (Fsp3) is 0.600. The van der Waals surface area contributed by atoms with Crippen LogP contribution >= 0.6 is 0 Å². The Labute approximate surface area is 154 Å². The first-order valence-corrected chi connectivity index (χ1v) is 9.63. The molecule has 2 atom stereocenters. The van der Waals surface area contributed by atoms with E-state index in [0.717, 1.165) is 32.1 Å². The van der Waals surface area contributed by atoms with Crippen LogP contribution in [0.4, 0.5) is 0 Å². The highest BCUT2D eigenvalue weighted by atomic mass is 16.3. The van der Waals surface area contributed by atoms with Crippen LogP contribution < -0.4 is 11.1 Å². The maximum atomic E-state index is 12.7. The van der Waals surface area contributed by atoms with Gasteiger partial charge in [-0.1, -0.05) is 30.3 Å². The molecule has 26 heavy (non-hydrogen) atoms. The summed E-state index contributed by atoms with van der Waals surface area (Å²) in [6, 6.07) is 8.68. The fourth-order valence-electron chi connectivity index (χ4n) is 3.99. The number of nitrogens with two attached hydrogens (primary N) is 1. The topological polar surface area (TPSA) is 95.7 Å². The lowest BCUT2D eigenvalue weighted by molar-refractivity contribution is -0.145. The van der Waals surface area contributed by atoms with Crippen molar-refractivity contribution in [3.63, 3.8) is 0 Å². The first kappa shape index (κ1) is 18.9. The van der Waals surface area contributed by atoms with Crippen molar-refractivity contribution in [2.75, 3.05) is 13.1 Å². The Morgan fingerprint density at radius 3 is 2.54 bits per heavy atom. The molecule has 1 aromatic rings. The molecule has 1 saturated heterocycles. The van der Waals surface area contributed by atoms with Crippen LogP contribution in [0.25, 0.3) is 0 Å². The highest BCUT2D eigenvalue weighted by Gasteiger charge is 2.37. The van der Waals surface area contributed by atoms with Gasteiger partial charge in [0.1, 0.15) is 6.04 Å². The molecule has 0 unspecified atom stereocenters. The van der Waals surface area contributed by atoms with Crippen molar-refractivity contribution in [3.8, 4) is 0 Å². The van der Waals surface area contributed by atoms with Crippen LogP contribution in [-0.2, 0) is 9.59 Å². The van der Waals surface area contributed by atoms with Gasteiger partial charge in [0.25, 0.3) is 5.91 Å². The first-order chi connectivity index (χ1) is 12.6. The summed E-state index contributed by atoms with van der Waals surface area (Å²) in [5.41, 5.74) is 6.48. The fourth-order valence-corrected chi connectivity index (χ4v) is 3.99. The van der Waals surface area contributed by atoms with Gasteiger partial charge < -0.3 is 21.1 Å². The number of nitrogens with one attached hydrogen (secondary N) is 1. The molecule has 0 radical (unpaired) electrons. The maximum absolute atomic E-state index is 12.7. The number of aliphatic hydroxyl groups excluding tert-OH is 1. The van der Waals surface area contributed by atoms with Gasteiger partial charge in [0.2, 0.25) is 5.91 Å². The van der Waals surface area contributed by atoms with E-state index in [2.05, 4.69) is 5.32 Å². The monoisotopic (exact) mass is 359 g/mol. The van der Waals surface area contributed by atoms with E-state index in [1.165, 1.54) is 4.90 Å². The van der Waals surface area contributed by atoms with Gasteiger partial charge in [0, 0.05) is 19.1 Å². The molecular formula is C20H29N3O3. The minimum Gasteiger partial charge on any atom is -0.378 e. The third kappa shape index (κ3) is 4.43. The molecule has 2 fully saturated rings. The smallest absolute Gasteiger partial charge is 0.256 e. The summed E-state index contributed by atoms with van der Waals surface area (Å²) in [5.74, 6) is -0.0253. The second-order valence-electron chi connectivity index (χ2n) is 7.53. The average molecular weight is 359 g/mol. The number of hydrogen-bond donors (Lipinski definition) is 3. The Kier molecular flexibility index (Phi) is 6.27. The number of rotatable bonds is 5. The standard InChI is InChI=1S/C20H29N3O3/c21-16-10-8-14(9-11-16)13-22-19(25)17-7-4-12-23(17)20(26)18(24)15-5-2-1-3-6-15/h1-3,5-6,14,16-18,24H,4,7-13,21H2,(H,22,25)/t14?,16?,17-,18+/m0/s1. The van der Waals surface area contributed by atoms with Crippen molar-refractivity contribution < 1.29 is 14.7 Å². The second kappa shape index (κ2) is 8.64. The highest BCUT2D eigenvalue weighted by molar-refractivity contribution is 5.90. The summed E-state index contributed by atoms with van der Waals surface area (Å²) < 4.78 is 0. The lowest BCUT2D eigenvalue weighted by Gasteiger charge is -2.29. The van der Waals surface area contributed by atoms with Crippen molar-refractivity contribution in [1.82, 2.24) is 10.2 Å². The number of likely N-dealkylation sites (tertiary alicyclic amines) is 1. The zero-order chi connectivity index (χ0) is 18.5. The molecule has 142 valence electrons. The third-order valence-corrected chi connectivity index (χ3v) is 5.64. The average Bonchev–Trinajstić information content (AvgIpc) is 3.16. The molecule has 2 aliphatic rings. The van der Waals surface area contributed by atoms with E-state index in [4.69, 9.17) is 5.73 Å². The van der Waals surface area contributed by atoms with Gasteiger partial charge in [0.05, 0.1) is 0 Å². The number of amides is 2. The molecule has 1 saturated carbocycles. The van der Waals surface area contributed by atoms with Crippen LogP contribution in [0.15, 0.2) is 30.3 Å². The lowest BCUT2D eigenvalue weighted by Crippen LogP contribution is -2.48. The number of carbonyl (C=O) groups is 2. The first-order valence-electron chi connectivity index (χ1n) is 9.63. The van der Waals surface area contributed by atoms with Gasteiger partial charge >= 0.3 is 0 Å². The molecule has 4 N–H and O–H groups in total. The predicted molar refractivity (Wildman–Crippen MR) is 99.1 cm³/mol. The minimum atomic E-state index is -1.22. The third-order valence-electron chi connectivity index (χ3n) is 5.64. The maximum Gasteiger partial charge on any atom is 0.256 e. The van der Waals surface area contributed by atoms with E-state index in [1.54, 1.807) is 24.3 Å². The number of carbonyl (C=O) groups excluding carboxylic acids is 2. The van der Waals surface area contributed by atoms with Crippen LogP contribution in [0.5, 0.6) is 0 Å². The zero-order valence-electron chi connectivity index (χ0n) is 15.1. The molecular weight excluding hydrogens is 330 g/mol. The Morgan fingerprint density at radius 1 is 1.15 bits per heavy atom. The van der Waals surface area contributed by atoms with E-state index < -0.39 is 18.1 Å². The van der Waals surface area contributed by atoms with E-state index in [9.17, 15) is 14.7 Å². The molecule has 0 spiro atoms. The van der Waals surface area contributed by atoms with E-state index >= 15 is 0 Å². The van der Waals surface area contributed by atoms with Crippen molar-refractivity contribution in [1.29, 1.82) is 0 Å². The molecule has 0 aromatic heterocycles. The predicted octanol–water partition coefficient (Wildman–Crippen LogP) is 1.34. The van der Waals surface area contributed by atoms with Gasteiger partial charge in [-0.05, 0) is 50.0 Å². The molecule has 2 amide bonds. The van der Waals surface area contributed by atoms with E-state index in [1.807, 2.05) is 6.07 Å². The van der Waals surface area contributed by atoms with Crippen LogP contribution in [0.2, 0.25) is 0 Å². The SMILES string of the molecule is NC1CCC(CNC(=O)[C@@H]2CCCN2C(=O)[C@H](O)c2ccccc2)CC1. The zero-order valence-corrected chi connectivity index (χ0v) is 15.1. The van der Waals surface area contributed by atoms with Crippen molar-refractivity contribution in [3.05, 3.63) is 35.9 Å². The summed E-state index contributed by atoms with van der Waals surface area (Å²) in [5, 5.41) is 13.4. The summed E-state index contributed by atoms with van der Waals surface area (Å²) in [7, 11) is 0. The second-order valence-corrected chi connectivity index (χ2v) is 7.53. The van der Waals surface area contributed by atoms with Gasteiger partial charge in [-0.15, -0.1) is 0 Å². The van der Waals surface area contributed by atoms with Crippen LogP contribution in [0, 0.1) is 5.92 Å². The Bertz CT molecular complexity index is 614. The number of benzene rings is 1. The number of aliphatic hydroxyl groups is 1. The van der Waals surface area contributed by atoms with Crippen molar-refractivity contribution in [2.45, 2.75) is 56.7 Å². The summed E-state index contributed by atoms with van der Waals surface area (Å²) in [6.45, 7) is 1.16. The van der Waals surface area contributed by atoms with Gasteiger partial charge in [-0.2, -0.15) is 0 Å². The molecule has 1 aromatic carbocycles. The largest absolute Gasteiger partial charge is 0.378 e. The summed E-state index contributed by atoms with van der Waals surface area (Å²) in [4.78, 5) is 26.8. The minimum absolute atomic E-state index is 0.106. The lowest BCUT2D eigenvalue weighted by atomic mass is 9.86. The van der Waals surface area contributed by atoms with Gasteiger partial charge in [-0.3, -0.25) is 9.59 Å². The Morgan fingerprint density at radius 2 is 1.85 bits per heavy atom. The van der Waals surface area contributed by atoms with Gasteiger partial charge in [-0.25, -0.2) is 0 Å². The molecule has 6 nitrogen and oxygen atoms in total. The van der Waals surface area contributed by atoms with Crippen LogP contribution in [0.1, 0.15) is 50.2 Å². The Balaban J connectivity index is 1.55. The normalized spacial score (nSPS) is 27.2. The Hall–Kier alpha value is -1.92. The van der Waals surface area contributed by atoms with Crippen molar-refractivity contribution in [2.24, 2.45) is 11.7 Å². The summed E-state index contributed by atoms with van der Waals surface area (Å²) in [6.07, 6.45) is 4.32. The van der Waals surface area contributed by atoms with E-state index in [0.29, 0.717) is 37.0 Å². The molecule has 0 bridgehead atoms. The molecule has 1 aliphatic heterocycles. The number of hydrogen-bond acceptors (Lipinski definition) is 4. The van der Waals surface area contributed by atoms with Crippen molar-refractivity contribution >= 4 is 11.8 Å². The highest BCUT2D eigenvalue weighted by Crippen LogP contribution is 2.25. The number of nitrogens with zero attached hydrogens (tertiary/aromatic N) is 1. The molecule has 1 aliphatic carbocycles. The summed E-state index contributed by atoms with van der Waals surface area (Å²) >= 11 is 0.